The number of ether oxygens (including phenoxy) is 1. The van der Waals surface area contributed by atoms with Crippen LogP contribution in [0.3, 0.4) is 0 Å². The van der Waals surface area contributed by atoms with Crippen molar-refractivity contribution in [2.45, 2.75) is 56.8 Å². The molecule has 0 bridgehead atoms. The number of methoxy groups -OCH3 is 1. The van der Waals surface area contributed by atoms with Crippen molar-refractivity contribution in [1.29, 1.82) is 0 Å². The van der Waals surface area contributed by atoms with E-state index in [-0.39, 0.29) is 35.4 Å². The maximum atomic E-state index is 12.5. The zero-order valence-electron chi connectivity index (χ0n) is 14.4. The van der Waals surface area contributed by atoms with Gasteiger partial charge in [0.2, 0.25) is 5.91 Å². The van der Waals surface area contributed by atoms with Crippen LogP contribution in [0.25, 0.3) is 0 Å². The molecule has 0 fully saturated rings. The van der Waals surface area contributed by atoms with Gasteiger partial charge in [-0.05, 0) is 6.92 Å². The van der Waals surface area contributed by atoms with Crippen molar-refractivity contribution in [3.8, 4) is 0 Å². The number of nitrogens with zero attached hydrogens (tertiary/aromatic N) is 2. The fourth-order valence-corrected chi connectivity index (χ4v) is 3.68. The van der Waals surface area contributed by atoms with Gasteiger partial charge in [0.1, 0.15) is 0 Å². The number of amides is 1. The zero-order chi connectivity index (χ0) is 17.2. The minimum atomic E-state index is -0.166. The standard InChI is InChI=1S/C16H25N3O3S/c1-10(8-22-5)17-13(20)6-11-9-23-15-18-12(16(2,3)4)7-14(21)19(11)15/h7,10-11H,6,8-9H2,1-5H3,(H,17,20). The Morgan fingerprint density at radius 2 is 2.26 bits per heavy atom. The van der Waals surface area contributed by atoms with Gasteiger partial charge in [-0.3, -0.25) is 14.2 Å². The van der Waals surface area contributed by atoms with Gasteiger partial charge in [0.15, 0.2) is 5.16 Å². The highest BCUT2D eigenvalue weighted by Gasteiger charge is 2.29. The lowest BCUT2D eigenvalue weighted by Gasteiger charge is -2.20. The van der Waals surface area contributed by atoms with Crippen LogP contribution in [-0.4, -0.2) is 41.0 Å². The summed E-state index contributed by atoms with van der Waals surface area (Å²) in [6, 6.07) is 1.41. The molecule has 6 nitrogen and oxygen atoms in total. The Bertz CT molecular complexity index is 636. The van der Waals surface area contributed by atoms with Crippen LogP contribution in [0.1, 0.15) is 45.9 Å². The summed E-state index contributed by atoms with van der Waals surface area (Å²) in [5.41, 5.74) is 0.549. The highest BCUT2D eigenvalue weighted by Crippen LogP contribution is 2.33. The third kappa shape index (κ3) is 4.35. The van der Waals surface area contributed by atoms with Crippen LogP contribution < -0.4 is 10.9 Å². The van der Waals surface area contributed by atoms with Crippen molar-refractivity contribution in [3.05, 3.63) is 22.1 Å². The minimum Gasteiger partial charge on any atom is -0.383 e. The second-order valence-electron chi connectivity index (χ2n) is 6.98. The van der Waals surface area contributed by atoms with Gasteiger partial charge in [0, 0.05) is 36.8 Å². The number of rotatable bonds is 5. The van der Waals surface area contributed by atoms with Crippen LogP contribution in [0.15, 0.2) is 16.0 Å². The number of aromatic nitrogens is 2. The Hall–Kier alpha value is -1.34. The van der Waals surface area contributed by atoms with E-state index in [1.165, 1.54) is 11.8 Å². The maximum Gasteiger partial charge on any atom is 0.254 e. The molecule has 2 rings (SSSR count). The first kappa shape index (κ1) is 18.0. The fourth-order valence-electron chi connectivity index (χ4n) is 2.53. The van der Waals surface area contributed by atoms with Crippen molar-refractivity contribution in [2.75, 3.05) is 19.5 Å². The maximum absolute atomic E-state index is 12.5. The Morgan fingerprint density at radius 3 is 2.87 bits per heavy atom. The second kappa shape index (κ2) is 7.05. The largest absolute Gasteiger partial charge is 0.383 e. The summed E-state index contributed by atoms with van der Waals surface area (Å²) >= 11 is 1.54. The van der Waals surface area contributed by atoms with Crippen molar-refractivity contribution < 1.29 is 9.53 Å². The lowest BCUT2D eigenvalue weighted by molar-refractivity contribution is -0.122. The molecule has 1 N–H and O–H groups in total. The lowest BCUT2D eigenvalue weighted by Crippen LogP contribution is -2.37. The molecule has 2 heterocycles. The van der Waals surface area contributed by atoms with Crippen molar-refractivity contribution in [2.24, 2.45) is 0 Å². The van der Waals surface area contributed by atoms with Gasteiger partial charge in [-0.2, -0.15) is 0 Å². The smallest absolute Gasteiger partial charge is 0.254 e. The first-order valence-electron chi connectivity index (χ1n) is 7.77. The molecule has 0 saturated heterocycles. The topological polar surface area (TPSA) is 73.2 Å². The van der Waals surface area contributed by atoms with Crippen LogP contribution in [0.5, 0.6) is 0 Å². The molecule has 128 valence electrons. The van der Waals surface area contributed by atoms with Crippen LogP contribution in [-0.2, 0) is 14.9 Å². The molecular weight excluding hydrogens is 314 g/mol. The average Bonchev–Trinajstić information content (AvgIpc) is 2.81. The van der Waals surface area contributed by atoms with Gasteiger partial charge in [-0.25, -0.2) is 4.98 Å². The summed E-state index contributed by atoms with van der Waals surface area (Å²) < 4.78 is 6.66. The normalized spacial score (nSPS) is 18.6. The van der Waals surface area contributed by atoms with E-state index in [0.717, 1.165) is 5.69 Å². The molecule has 1 aliphatic rings. The number of thioether (sulfide) groups is 1. The molecule has 0 saturated carbocycles. The fraction of sp³-hybridized carbons (Fsp3) is 0.688. The molecule has 2 unspecified atom stereocenters. The monoisotopic (exact) mass is 339 g/mol. The van der Waals surface area contributed by atoms with Crippen molar-refractivity contribution in [1.82, 2.24) is 14.9 Å². The zero-order valence-corrected chi connectivity index (χ0v) is 15.2. The van der Waals surface area contributed by atoms with E-state index in [0.29, 0.717) is 17.5 Å². The molecule has 0 spiro atoms. The van der Waals surface area contributed by atoms with Gasteiger partial charge < -0.3 is 10.1 Å². The van der Waals surface area contributed by atoms with Gasteiger partial charge >= 0.3 is 0 Å². The molecule has 1 aliphatic heterocycles. The quantitative estimate of drug-likeness (QED) is 0.827. The summed E-state index contributed by atoms with van der Waals surface area (Å²) in [7, 11) is 1.60. The number of carbonyl (C=O) groups excluding carboxylic acids is 1. The van der Waals surface area contributed by atoms with Gasteiger partial charge in [0.05, 0.1) is 18.3 Å². The Kier molecular flexibility index (Phi) is 5.52. The highest BCUT2D eigenvalue weighted by atomic mass is 32.2. The molecule has 23 heavy (non-hydrogen) atoms. The third-order valence-corrected chi connectivity index (χ3v) is 4.80. The third-order valence-electron chi connectivity index (χ3n) is 3.70. The summed E-state index contributed by atoms with van der Waals surface area (Å²) in [5.74, 6) is 0.627. The van der Waals surface area contributed by atoms with Gasteiger partial charge in [-0.15, -0.1) is 0 Å². The number of fused-ring (bicyclic) bond motifs is 1. The van der Waals surface area contributed by atoms with E-state index in [9.17, 15) is 9.59 Å². The van der Waals surface area contributed by atoms with Gasteiger partial charge in [0.25, 0.3) is 5.56 Å². The molecule has 2 atom stereocenters. The molecule has 1 aromatic heterocycles. The summed E-state index contributed by atoms with van der Waals surface area (Å²) in [6.45, 7) is 8.47. The lowest BCUT2D eigenvalue weighted by atomic mass is 9.92. The number of carbonyl (C=O) groups is 1. The SMILES string of the molecule is COCC(C)NC(=O)CC1CSc2nc(C(C)(C)C)cc(=O)n21. The van der Waals surface area contributed by atoms with Crippen LogP contribution in [0.2, 0.25) is 0 Å². The van der Waals surface area contributed by atoms with Crippen LogP contribution >= 0.6 is 11.8 Å². The van der Waals surface area contributed by atoms with Crippen LogP contribution in [0.4, 0.5) is 0 Å². The molecule has 1 amide bonds. The van der Waals surface area contributed by atoms with Gasteiger partial charge in [-0.1, -0.05) is 32.5 Å². The van der Waals surface area contributed by atoms with E-state index < -0.39 is 0 Å². The Balaban J connectivity index is 2.13. The van der Waals surface area contributed by atoms with E-state index in [4.69, 9.17) is 4.74 Å². The van der Waals surface area contributed by atoms with Crippen molar-refractivity contribution >= 4 is 17.7 Å². The number of hydrogen-bond donors (Lipinski definition) is 1. The summed E-state index contributed by atoms with van der Waals surface area (Å²) in [5, 5.41) is 3.60. The van der Waals surface area contributed by atoms with Crippen LogP contribution in [0, 0.1) is 0 Å². The first-order chi connectivity index (χ1) is 10.7. The van der Waals surface area contributed by atoms with E-state index in [1.54, 1.807) is 17.7 Å². The molecule has 7 heteroatoms. The molecular formula is C16H25N3O3S. The average molecular weight is 339 g/mol. The predicted molar refractivity (Wildman–Crippen MR) is 91.1 cm³/mol. The minimum absolute atomic E-state index is 0.0425. The van der Waals surface area contributed by atoms with E-state index in [2.05, 4.69) is 10.3 Å². The summed E-state index contributed by atoms with van der Waals surface area (Å²) in [4.78, 5) is 29.2. The Labute approximate surface area is 141 Å². The molecule has 0 aromatic carbocycles. The first-order valence-corrected chi connectivity index (χ1v) is 8.76. The van der Waals surface area contributed by atoms with Crippen molar-refractivity contribution in [3.63, 3.8) is 0 Å². The molecule has 0 aliphatic carbocycles. The van der Waals surface area contributed by atoms with E-state index in [1.807, 2.05) is 27.7 Å². The number of hydrogen-bond acceptors (Lipinski definition) is 5. The Morgan fingerprint density at radius 1 is 1.57 bits per heavy atom. The van der Waals surface area contributed by atoms with E-state index >= 15 is 0 Å². The number of nitrogens with one attached hydrogen (secondary N) is 1. The molecule has 0 radical (unpaired) electrons. The molecule has 1 aromatic rings. The predicted octanol–water partition coefficient (Wildman–Crippen LogP) is 1.73. The second-order valence-corrected chi connectivity index (χ2v) is 7.96. The highest BCUT2D eigenvalue weighted by molar-refractivity contribution is 7.99. The summed E-state index contributed by atoms with van der Waals surface area (Å²) in [6.07, 6.45) is 0.282.